The maximum atomic E-state index is 12.1. The number of amides is 1. The molecule has 0 aliphatic carbocycles. The van der Waals surface area contributed by atoms with Gasteiger partial charge in [-0.25, -0.2) is 0 Å². The van der Waals surface area contributed by atoms with Crippen molar-refractivity contribution in [3.05, 3.63) is 30.1 Å². The van der Waals surface area contributed by atoms with Crippen LogP contribution in [0, 0.1) is 5.92 Å². The van der Waals surface area contributed by atoms with Gasteiger partial charge in [-0.05, 0) is 30.9 Å². The summed E-state index contributed by atoms with van der Waals surface area (Å²) < 4.78 is 5.15. The van der Waals surface area contributed by atoms with Crippen molar-refractivity contribution in [3.63, 3.8) is 0 Å². The van der Waals surface area contributed by atoms with E-state index in [4.69, 9.17) is 4.74 Å². The molecule has 1 aromatic rings. The van der Waals surface area contributed by atoms with Crippen molar-refractivity contribution in [2.45, 2.75) is 12.8 Å². The van der Waals surface area contributed by atoms with Crippen LogP contribution in [-0.2, 0) is 4.74 Å². The Morgan fingerprint density at radius 3 is 2.88 bits per heavy atom. The first-order valence-corrected chi connectivity index (χ1v) is 5.99. The highest BCUT2D eigenvalue weighted by Crippen LogP contribution is 2.18. The van der Waals surface area contributed by atoms with E-state index in [-0.39, 0.29) is 5.91 Å². The van der Waals surface area contributed by atoms with Gasteiger partial charge in [0.2, 0.25) is 0 Å². The summed E-state index contributed by atoms with van der Waals surface area (Å²) in [5, 5.41) is 0. The van der Waals surface area contributed by atoms with Crippen molar-refractivity contribution in [2.24, 2.45) is 5.92 Å². The molecule has 1 amide bonds. The van der Waals surface area contributed by atoms with Crippen molar-refractivity contribution in [1.82, 2.24) is 9.88 Å². The van der Waals surface area contributed by atoms with Crippen molar-refractivity contribution in [1.29, 1.82) is 0 Å². The number of ether oxygens (including phenoxy) is 1. The van der Waals surface area contributed by atoms with Crippen LogP contribution in [0.25, 0.3) is 0 Å². The number of likely N-dealkylation sites (tertiary alicyclic amines) is 1. The minimum atomic E-state index is 0.0916. The lowest BCUT2D eigenvalue weighted by atomic mass is 9.97. The van der Waals surface area contributed by atoms with Crippen LogP contribution in [0.2, 0.25) is 0 Å². The number of piperidine rings is 1. The number of hydrogen-bond acceptors (Lipinski definition) is 3. The van der Waals surface area contributed by atoms with Gasteiger partial charge in [-0.1, -0.05) is 0 Å². The summed E-state index contributed by atoms with van der Waals surface area (Å²) in [4.78, 5) is 18.0. The third kappa shape index (κ3) is 3.03. The molecular weight excluding hydrogens is 216 g/mol. The molecular formula is C13H18N2O2. The van der Waals surface area contributed by atoms with Crippen molar-refractivity contribution < 1.29 is 9.53 Å². The number of aromatic nitrogens is 1. The van der Waals surface area contributed by atoms with E-state index < -0.39 is 0 Å². The molecule has 0 atom stereocenters. The number of rotatable bonds is 3. The summed E-state index contributed by atoms with van der Waals surface area (Å²) in [5.41, 5.74) is 0.678. The van der Waals surface area contributed by atoms with Crippen LogP contribution in [0.4, 0.5) is 0 Å². The molecule has 0 unspecified atom stereocenters. The van der Waals surface area contributed by atoms with Gasteiger partial charge in [0.05, 0.1) is 5.56 Å². The number of pyridine rings is 1. The van der Waals surface area contributed by atoms with Gasteiger partial charge in [-0.2, -0.15) is 0 Å². The maximum absolute atomic E-state index is 12.1. The molecule has 1 aliphatic heterocycles. The number of hydrogen-bond donors (Lipinski definition) is 0. The van der Waals surface area contributed by atoms with E-state index in [1.165, 1.54) is 0 Å². The largest absolute Gasteiger partial charge is 0.384 e. The molecule has 0 N–H and O–H groups in total. The van der Waals surface area contributed by atoms with Crippen LogP contribution in [0.1, 0.15) is 23.2 Å². The first-order valence-electron chi connectivity index (χ1n) is 5.99. The number of methoxy groups -OCH3 is 1. The summed E-state index contributed by atoms with van der Waals surface area (Å²) in [7, 11) is 1.73. The molecule has 0 saturated carbocycles. The number of carbonyl (C=O) groups excluding carboxylic acids is 1. The zero-order valence-corrected chi connectivity index (χ0v) is 10.1. The Morgan fingerprint density at radius 2 is 2.29 bits per heavy atom. The second-order valence-electron chi connectivity index (χ2n) is 4.43. The second kappa shape index (κ2) is 5.77. The summed E-state index contributed by atoms with van der Waals surface area (Å²) in [6.07, 6.45) is 5.37. The maximum Gasteiger partial charge on any atom is 0.255 e. The fourth-order valence-electron chi connectivity index (χ4n) is 2.21. The molecule has 17 heavy (non-hydrogen) atoms. The van der Waals surface area contributed by atoms with Gasteiger partial charge in [0.1, 0.15) is 0 Å². The Balaban J connectivity index is 1.91. The average Bonchev–Trinajstić information content (AvgIpc) is 2.40. The zero-order valence-electron chi connectivity index (χ0n) is 10.1. The molecule has 0 radical (unpaired) electrons. The highest BCUT2D eigenvalue weighted by atomic mass is 16.5. The Hall–Kier alpha value is -1.42. The SMILES string of the molecule is COCC1CCN(C(=O)c2cccnc2)CC1. The lowest BCUT2D eigenvalue weighted by Crippen LogP contribution is -2.39. The topological polar surface area (TPSA) is 42.4 Å². The van der Waals surface area contributed by atoms with Gasteiger partial charge in [0.25, 0.3) is 5.91 Å². The molecule has 4 heteroatoms. The van der Waals surface area contributed by atoms with Gasteiger partial charge >= 0.3 is 0 Å². The van der Waals surface area contributed by atoms with Crippen molar-refractivity contribution >= 4 is 5.91 Å². The normalized spacial score (nSPS) is 17.1. The molecule has 1 fully saturated rings. The number of nitrogens with zero attached hydrogens (tertiary/aromatic N) is 2. The van der Waals surface area contributed by atoms with Gasteiger partial charge in [-0.3, -0.25) is 9.78 Å². The Labute approximate surface area is 102 Å². The van der Waals surface area contributed by atoms with Crippen LogP contribution in [-0.4, -0.2) is 42.6 Å². The smallest absolute Gasteiger partial charge is 0.255 e. The monoisotopic (exact) mass is 234 g/mol. The summed E-state index contributed by atoms with van der Waals surface area (Å²) >= 11 is 0. The molecule has 1 saturated heterocycles. The molecule has 1 aromatic heterocycles. The molecule has 4 nitrogen and oxygen atoms in total. The van der Waals surface area contributed by atoms with Crippen LogP contribution in [0.3, 0.4) is 0 Å². The third-order valence-corrected chi connectivity index (χ3v) is 3.21. The van der Waals surface area contributed by atoms with Gasteiger partial charge in [0.15, 0.2) is 0 Å². The predicted molar refractivity (Wildman–Crippen MR) is 64.7 cm³/mol. The van der Waals surface area contributed by atoms with Gasteiger partial charge in [0, 0.05) is 39.2 Å². The summed E-state index contributed by atoms with van der Waals surface area (Å²) in [6.45, 7) is 2.44. The Kier molecular flexibility index (Phi) is 4.09. The molecule has 0 spiro atoms. The second-order valence-corrected chi connectivity index (χ2v) is 4.43. The van der Waals surface area contributed by atoms with Crippen LogP contribution in [0.5, 0.6) is 0 Å². The first kappa shape index (κ1) is 12.0. The summed E-state index contributed by atoms with van der Waals surface area (Å²) in [6, 6.07) is 3.61. The highest BCUT2D eigenvalue weighted by molar-refractivity contribution is 5.93. The first-order chi connectivity index (χ1) is 8.31. The van der Waals surface area contributed by atoms with Gasteiger partial charge < -0.3 is 9.64 Å². The minimum Gasteiger partial charge on any atom is -0.384 e. The van der Waals surface area contributed by atoms with E-state index in [0.29, 0.717) is 11.5 Å². The Morgan fingerprint density at radius 1 is 1.53 bits per heavy atom. The van der Waals surface area contributed by atoms with Gasteiger partial charge in [-0.15, -0.1) is 0 Å². The van der Waals surface area contributed by atoms with Crippen LogP contribution >= 0.6 is 0 Å². The standard InChI is InChI=1S/C13H18N2O2/c1-17-10-11-4-7-15(8-5-11)13(16)12-3-2-6-14-9-12/h2-3,6,9,11H,4-5,7-8,10H2,1H3. The minimum absolute atomic E-state index is 0.0916. The molecule has 92 valence electrons. The molecule has 2 rings (SSSR count). The van der Waals surface area contributed by atoms with E-state index >= 15 is 0 Å². The van der Waals surface area contributed by atoms with Crippen LogP contribution in [0.15, 0.2) is 24.5 Å². The average molecular weight is 234 g/mol. The fraction of sp³-hybridized carbons (Fsp3) is 0.538. The fourth-order valence-corrected chi connectivity index (χ4v) is 2.21. The Bertz CT molecular complexity index is 359. The van der Waals surface area contributed by atoms with E-state index in [0.717, 1.165) is 32.5 Å². The van der Waals surface area contributed by atoms with Crippen LogP contribution < -0.4 is 0 Å². The molecule has 1 aliphatic rings. The van der Waals surface area contributed by atoms with E-state index in [1.54, 1.807) is 25.6 Å². The lowest BCUT2D eigenvalue weighted by molar-refractivity contribution is 0.0613. The van der Waals surface area contributed by atoms with E-state index in [9.17, 15) is 4.79 Å². The highest BCUT2D eigenvalue weighted by Gasteiger charge is 2.23. The lowest BCUT2D eigenvalue weighted by Gasteiger charge is -2.31. The molecule has 2 heterocycles. The van der Waals surface area contributed by atoms with Crippen molar-refractivity contribution in [2.75, 3.05) is 26.8 Å². The van der Waals surface area contributed by atoms with Crippen molar-refractivity contribution in [3.8, 4) is 0 Å². The third-order valence-electron chi connectivity index (χ3n) is 3.21. The van der Waals surface area contributed by atoms with E-state index in [1.807, 2.05) is 11.0 Å². The summed E-state index contributed by atoms with van der Waals surface area (Å²) in [5.74, 6) is 0.687. The molecule has 0 aromatic carbocycles. The number of carbonyl (C=O) groups is 1. The zero-order chi connectivity index (χ0) is 12.1. The predicted octanol–water partition coefficient (Wildman–Crippen LogP) is 1.58. The molecule has 0 bridgehead atoms. The quantitative estimate of drug-likeness (QED) is 0.797. The van der Waals surface area contributed by atoms with E-state index in [2.05, 4.69) is 4.98 Å².